The fourth-order valence-electron chi connectivity index (χ4n) is 12.9. The Kier molecular flexibility index (Phi) is 47.5. The SMILES string of the molecule is CCCCCCCCCC/C=C/C(O)C(COC1OC(CO)C(OC2OC(CO)C(O)C(OC3(C(=O)O)CC(O)C(NC(C)=O)C(C(O)C(O)CO)O3)C2O)C(O)C1O)NC(=O)CCCCCCCCCCCCCCCCC/C=C\CCCCCCCCCCCCCC. The maximum Gasteiger partial charge on any atom is 0.364 e. The van der Waals surface area contributed by atoms with Gasteiger partial charge >= 0.3 is 5.97 Å². The average Bonchev–Trinajstić information content (AvgIpc) is 0.758. The third kappa shape index (κ3) is 34.0. The lowest BCUT2D eigenvalue weighted by molar-refractivity contribution is -0.386. The molecule has 0 spiro atoms. The van der Waals surface area contributed by atoms with Gasteiger partial charge in [-0.15, -0.1) is 0 Å². The van der Waals surface area contributed by atoms with E-state index in [9.17, 15) is 75.7 Å². The van der Waals surface area contributed by atoms with Gasteiger partial charge in [-0.3, -0.25) is 9.59 Å². The minimum atomic E-state index is -3.08. The molecule has 0 bridgehead atoms. The van der Waals surface area contributed by atoms with Crippen LogP contribution in [0.5, 0.6) is 0 Å². The quantitative estimate of drug-likeness (QED) is 0.0202. The molecule has 23 heteroatoms. The van der Waals surface area contributed by atoms with Gasteiger partial charge in [0.1, 0.15) is 67.1 Å². The molecule has 2 amide bonds. The van der Waals surface area contributed by atoms with Gasteiger partial charge in [0.2, 0.25) is 11.8 Å². The second-order valence-corrected chi connectivity index (χ2v) is 27.2. The summed E-state index contributed by atoms with van der Waals surface area (Å²) in [7, 11) is 0. The predicted molar refractivity (Wildman–Crippen MR) is 361 cm³/mol. The van der Waals surface area contributed by atoms with Crippen LogP contribution in [0.3, 0.4) is 0 Å². The smallest absolute Gasteiger partial charge is 0.364 e. The molecule has 0 aromatic carbocycles. The van der Waals surface area contributed by atoms with Crippen LogP contribution in [-0.4, -0.2) is 215 Å². The van der Waals surface area contributed by atoms with Crippen LogP contribution in [-0.2, 0) is 42.8 Å². The minimum absolute atomic E-state index is 0.202. The molecule has 0 aromatic rings. The molecular weight excluding hydrogens is 1230 g/mol. The van der Waals surface area contributed by atoms with Crippen LogP contribution in [0.2, 0.25) is 0 Å². The van der Waals surface area contributed by atoms with E-state index in [0.29, 0.717) is 12.8 Å². The number of unbranched alkanes of at least 4 members (excludes halogenated alkanes) is 35. The number of allylic oxidation sites excluding steroid dienone is 3. The number of ether oxygens (including phenoxy) is 6. The van der Waals surface area contributed by atoms with Gasteiger partial charge in [-0.25, -0.2) is 4.79 Å². The van der Waals surface area contributed by atoms with Crippen LogP contribution < -0.4 is 10.6 Å². The molecule has 3 heterocycles. The zero-order valence-electron chi connectivity index (χ0n) is 58.3. The van der Waals surface area contributed by atoms with Gasteiger partial charge in [-0.2, -0.15) is 0 Å². The topological polar surface area (TPSA) is 373 Å². The predicted octanol–water partition coefficient (Wildman–Crippen LogP) is 8.01. The van der Waals surface area contributed by atoms with E-state index >= 15 is 0 Å². The number of carboxylic acids is 1. The molecule has 3 saturated heterocycles. The first-order valence-corrected chi connectivity index (χ1v) is 37.2. The van der Waals surface area contributed by atoms with Crippen molar-refractivity contribution in [2.45, 2.75) is 387 Å². The van der Waals surface area contributed by atoms with Crippen LogP contribution in [0.4, 0.5) is 0 Å². The number of hydrogen-bond donors (Lipinski definition) is 14. The number of carbonyl (C=O) groups excluding carboxylic acids is 2. The standard InChI is InChI=1S/C72H132N2O21/c1-4-6-8-10-12-14-16-17-18-19-20-21-22-23-24-25-26-27-28-29-30-31-32-33-34-35-36-38-40-42-44-46-59(82)74-53(54(79)45-43-41-39-37-15-13-11-9-7-5-2)51-90-69-64(86)63(85)66(58(50-77)92-69)93-70-65(87)68(62(84)57(49-76)91-70)95-72(71(88)89)47-55(80)60(73-52(3)78)67(94-72)61(83)56(81)48-75/h23-24,43,45,53-58,60-70,75-77,79-81,83-87H,4-22,25-42,44,46-51H2,1-3H3,(H,73,78)(H,74,82)(H,88,89)/b24-23-,45-43+. The summed E-state index contributed by atoms with van der Waals surface area (Å²) in [6.07, 6.45) is 25.5. The summed E-state index contributed by atoms with van der Waals surface area (Å²) >= 11 is 0. The molecule has 3 aliphatic rings. The third-order valence-corrected chi connectivity index (χ3v) is 18.9. The number of amides is 2. The fraction of sp³-hybridized carbons (Fsp3) is 0.903. The first-order valence-electron chi connectivity index (χ1n) is 37.2. The first-order chi connectivity index (χ1) is 45.9. The monoisotopic (exact) mass is 1360 g/mol. The summed E-state index contributed by atoms with van der Waals surface area (Å²) in [5, 5.41) is 136. The number of nitrogens with one attached hydrogen (secondary N) is 2. The highest BCUT2D eigenvalue weighted by atomic mass is 16.8. The molecule has 95 heavy (non-hydrogen) atoms. The average molecular weight is 1360 g/mol. The number of aliphatic hydroxyl groups excluding tert-OH is 11. The Hall–Kier alpha value is -2.79. The van der Waals surface area contributed by atoms with Gasteiger partial charge in [0, 0.05) is 19.8 Å². The number of carbonyl (C=O) groups is 3. The van der Waals surface area contributed by atoms with Gasteiger partial charge in [0.05, 0.1) is 50.7 Å². The van der Waals surface area contributed by atoms with E-state index in [0.717, 1.165) is 51.9 Å². The number of rotatable bonds is 57. The molecular formula is C72H132N2O21. The summed E-state index contributed by atoms with van der Waals surface area (Å²) in [4.78, 5) is 38.5. The van der Waals surface area contributed by atoms with Gasteiger partial charge in [0.25, 0.3) is 5.79 Å². The Labute approximate surface area is 568 Å². The molecule has 18 unspecified atom stereocenters. The Morgan fingerprint density at radius 1 is 0.547 bits per heavy atom. The van der Waals surface area contributed by atoms with Crippen LogP contribution in [0.25, 0.3) is 0 Å². The molecule has 3 fully saturated rings. The summed E-state index contributed by atoms with van der Waals surface area (Å²) in [5.74, 6) is -6.14. The summed E-state index contributed by atoms with van der Waals surface area (Å²) < 4.78 is 34.8. The Bertz CT molecular complexity index is 2010. The Morgan fingerprint density at radius 2 is 0.989 bits per heavy atom. The van der Waals surface area contributed by atoms with Crippen molar-refractivity contribution in [1.29, 1.82) is 0 Å². The molecule has 0 saturated carbocycles. The van der Waals surface area contributed by atoms with E-state index in [1.807, 2.05) is 6.08 Å². The highest BCUT2D eigenvalue weighted by molar-refractivity contribution is 5.77. The maximum absolute atomic E-state index is 13.4. The molecule has 0 radical (unpaired) electrons. The summed E-state index contributed by atoms with van der Waals surface area (Å²) in [6.45, 7) is 2.12. The largest absolute Gasteiger partial charge is 0.477 e. The molecule has 18 atom stereocenters. The Morgan fingerprint density at radius 3 is 1.43 bits per heavy atom. The molecule has 23 nitrogen and oxygen atoms in total. The lowest BCUT2D eigenvalue weighted by Crippen LogP contribution is -2.70. The van der Waals surface area contributed by atoms with Gasteiger partial charge in [-0.1, -0.05) is 237 Å². The van der Waals surface area contributed by atoms with Gasteiger partial charge in [0.15, 0.2) is 12.6 Å². The second kappa shape index (κ2) is 52.2. The molecule has 14 N–H and O–H groups in total. The Balaban J connectivity index is 1.46. The first kappa shape index (κ1) is 86.4. The van der Waals surface area contributed by atoms with Gasteiger partial charge in [-0.05, 0) is 44.9 Å². The van der Waals surface area contributed by atoms with Crippen molar-refractivity contribution in [3.05, 3.63) is 24.3 Å². The van der Waals surface area contributed by atoms with Gasteiger partial charge < -0.3 is 100 Å². The van der Waals surface area contributed by atoms with Crippen LogP contribution >= 0.6 is 0 Å². The van der Waals surface area contributed by atoms with Crippen molar-refractivity contribution < 1.29 is 104 Å². The number of aliphatic hydroxyl groups is 11. The lowest BCUT2D eigenvalue weighted by atomic mass is 9.88. The third-order valence-electron chi connectivity index (χ3n) is 18.9. The van der Waals surface area contributed by atoms with Crippen LogP contribution in [0.1, 0.15) is 278 Å². The zero-order valence-corrected chi connectivity index (χ0v) is 58.3. The number of hydrogen-bond acceptors (Lipinski definition) is 20. The molecule has 3 aliphatic heterocycles. The lowest BCUT2D eigenvalue weighted by Gasteiger charge is -2.50. The fourth-order valence-corrected chi connectivity index (χ4v) is 12.9. The maximum atomic E-state index is 13.4. The highest BCUT2D eigenvalue weighted by Crippen LogP contribution is 2.39. The van der Waals surface area contributed by atoms with E-state index in [4.69, 9.17) is 28.4 Å². The van der Waals surface area contributed by atoms with Crippen molar-refractivity contribution in [1.82, 2.24) is 10.6 Å². The van der Waals surface area contributed by atoms with E-state index in [-0.39, 0.29) is 12.3 Å². The zero-order chi connectivity index (χ0) is 69.6. The van der Waals surface area contributed by atoms with E-state index in [1.54, 1.807) is 6.08 Å². The summed E-state index contributed by atoms with van der Waals surface area (Å²) in [6, 6.07) is -2.62. The minimum Gasteiger partial charge on any atom is -0.477 e. The van der Waals surface area contributed by atoms with Crippen molar-refractivity contribution in [2.75, 3.05) is 26.4 Å². The number of aliphatic carboxylic acids is 1. The molecule has 0 aliphatic carbocycles. The molecule has 3 rings (SSSR count). The number of carboxylic acid groups (broad SMARTS) is 1. The summed E-state index contributed by atoms with van der Waals surface area (Å²) in [5.41, 5.74) is 0. The van der Waals surface area contributed by atoms with E-state index in [2.05, 4.69) is 36.6 Å². The van der Waals surface area contributed by atoms with Crippen LogP contribution in [0, 0.1) is 0 Å². The molecule has 556 valence electrons. The van der Waals surface area contributed by atoms with E-state index < -0.39 is 155 Å². The second-order valence-electron chi connectivity index (χ2n) is 27.2. The molecule has 0 aromatic heterocycles. The van der Waals surface area contributed by atoms with Crippen molar-refractivity contribution in [3.63, 3.8) is 0 Å². The normalized spacial score (nSPS) is 27.8. The highest BCUT2D eigenvalue weighted by Gasteiger charge is 2.60. The van der Waals surface area contributed by atoms with Crippen molar-refractivity contribution >= 4 is 17.8 Å². The van der Waals surface area contributed by atoms with Crippen molar-refractivity contribution in [3.8, 4) is 0 Å². The van der Waals surface area contributed by atoms with Crippen LogP contribution in [0.15, 0.2) is 24.3 Å². The van der Waals surface area contributed by atoms with Crippen molar-refractivity contribution in [2.24, 2.45) is 0 Å². The van der Waals surface area contributed by atoms with E-state index in [1.165, 1.54) is 186 Å².